The number of rotatable bonds is 5. The Hall–Kier alpha value is -1.78. The number of ether oxygens (including phenoxy) is 1. The Kier molecular flexibility index (Phi) is 4.39. The molecule has 0 bridgehead atoms. The zero-order valence-electron chi connectivity index (χ0n) is 10.2. The second-order valence-corrected chi connectivity index (χ2v) is 3.86. The number of nitrogens with zero attached hydrogens (tertiary/aromatic N) is 2. The van der Waals surface area contributed by atoms with Gasteiger partial charge in [-0.25, -0.2) is 0 Å². The zero-order chi connectivity index (χ0) is 12.8. The van der Waals surface area contributed by atoms with Crippen LogP contribution in [0.2, 0.25) is 0 Å². The molecule has 0 radical (unpaired) electrons. The van der Waals surface area contributed by atoms with Crippen LogP contribution in [-0.2, 0) is 4.74 Å². The molecule has 1 heterocycles. The van der Waals surface area contributed by atoms with E-state index in [-0.39, 0.29) is 0 Å². The van der Waals surface area contributed by atoms with Gasteiger partial charge in [0.05, 0.1) is 11.9 Å². The largest absolute Gasteiger partial charge is 0.384 e. The molecule has 2 rings (SSSR count). The molecule has 94 valence electrons. The van der Waals surface area contributed by atoms with E-state index in [1.165, 1.54) is 0 Å². The minimum Gasteiger partial charge on any atom is -0.384 e. The lowest BCUT2D eigenvalue weighted by Crippen LogP contribution is -2.15. The summed E-state index contributed by atoms with van der Waals surface area (Å²) in [4.78, 5) is 8.08. The summed E-state index contributed by atoms with van der Waals surface area (Å²) in [7, 11) is 0. The molecule has 1 aromatic heterocycles. The Morgan fingerprint density at radius 2 is 2.00 bits per heavy atom. The van der Waals surface area contributed by atoms with Crippen molar-refractivity contribution in [2.24, 2.45) is 0 Å². The van der Waals surface area contributed by atoms with E-state index in [4.69, 9.17) is 4.74 Å². The summed E-state index contributed by atoms with van der Waals surface area (Å²) < 4.78 is 5.63. The summed E-state index contributed by atoms with van der Waals surface area (Å²) in [6.07, 6.45) is 3.45. The van der Waals surface area contributed by atoms with Crippen LogP contribution in [0.3, 0.4) is 0 Å². The summed E-state index contributed by atoms with van der Waals surface area (Å²) >= 11 is 0. The van der Waals surface area contributed by atoms with Crippen LogP contribution in [0.1, 0.15) is 30.4 Å². The monoisotopic (exact) mass is 244 g/mol. The van der Waals surface area contributed by atoms with Crippen molar-refractivity contribution in [3.05, 3.63) is 60.2 Å². The van der Waals surface area contributed by atoms with Gasteiger partial charge in [0.2, 0.25) is 0 Å². The van der Waals surface area contributed by atoms with Crippen molar-refractivity contribution in [1.29, 1.82) is 0 Å². The maximum atomic E-state index is 10.3. The van der Waals surface area contributed by atoms with E-state index >= 15 is 0 Å². The third-order valence-electron chi connectivity index (χ3n) is 2.65. The third kappa shape index (κ3) is 2.91. The van der Waals surface area contributed by atoms with E-state index in [0.717, 1.165) is 5.56 Å². The lowest BCUT2D eigenvalue weighted by molar-refractivity contribution is -0.0381. The molecular weight excluding hydrogens is 228 g/mol. The van der Waals surface area contributed by atoms with Gasteiger partial charge in [-0.3, -0.25) is 9.97 Å². The van der Waals surface area contributed by atoms with Crippen molar-refractivity contribution in [2.45, 2.75) is 19.1 Å². The second-order valence-electron chi connectivity index (χ2n) is 3.86. The first-order valence-corrected chi connectivity index (χ1v) is 5.93. The highest BCUT2D eigenvalue weighted by Gasteiger charge is 2.24. The zero-order valence-corrected chi connectivity index (χ0v) is 10.2. The minimum absolute atomic E-state index is 0.423. The molecule has 18 heavy (non-hydrogen) atoms. The Balaban J connectivity index is 2.26. The van der Waals surface area contributed by atoms with E-state index in [1.54, 1.807) is 18.6 Å². The quantitative estimate of drug-likeness (QED) is 0.876. The van der Waals surface area contributed by atoms with Crippen LogP contribution in [0.15, 0.2) is 48.9 Å². The van der Waals surface area contributed by atoms with Crippen LogP contribution in [-0.4, -0.2) is 21.7 Å². The molecule has 4 nitrogen and oxygen atoms in total. The lowest BCUT2D eigenvalue weighted by Gasteiger charge is -2.22. The Bertz CT molecular complexity index is 462. The summed E-state index contributed by atoms with van der Waals surface area (Å²) in [5.74, 6) is 0. The van der Waals surface area contributed by atoms with Gasteiger partial charge in [-0.15, -0.1) is 0 Å². The Morgan fingerprint density at radius 1 is 1.22 bits per heavy atom. The molecule has 0 saturated carbocycles. The van der Waals surface area contributed by atoms with Crippen LogP contribution < -0.4 is 0 Å². The highest BCUT2D eigenvalue weighted by atomic mass is 16.5. The molecule has 0 spiro atoms. The molecule has 1 N–H and O–H groups in total. The highest BCUT2D eigenvalue weighted by Crippen LogP contribution is 2.30. The number of hydrogen-bond donors (Lipinski definition) is 1. The first kappa shape index (κ1) is 12.7. The first-order valence-electron chi connectivity index (χ1n) is 5.93. The molecule has 0 aliphatic rings. The van der Waals surface area contributed by atoms with Gasteiger partial charge in [0.15, 0.2) is 0 Å². The van der Waals surface area contributed by atoms with E-state index in [1.807, 2.05) is 37.3 Å². The van der Waals surface area contributed by atoms with Crippen LogP contribution in [0.25, 0.3) is 0 Å². The van der Waals surface area contributed by atoms with Gasteiger partial charge < -0.3 is 9.84 Å². The first-order chi connectivity index (χ1) is 8.83. The molecule has 0 aliphatic heterocycles. The van der Waals surface area contributed by atoms with Gasteiger partial charge in [-0.2, -0.15) is 0 Å². The van der Waals surface area contributed by atoms with Gasteiger partial charge in [0.1, 0.15) is 12.2 Å². The standard InChI is InChI=1S/C14H16N2O2/c1-2-18-14(11-6-4-3-5-7-11)13(17)12-10-15-8-9-16-12/h3-10,13-14,17H,2H2,1H3. The molecule has 0 fully saturated rings. The number of hydrogen-bond acceptors (Lipinski definition) is 4. The highest BCUT2D eigenvalue weighted by molar-refractivity contribution is 5.20. The van der Waals surface area contributed by atoms with Crippen molar-refractivity contribution in [2.75, 3.05) is 6.61 Å². The maximum Gasteiger partial charge on any atom is 0.128 e. The van der Waals surface area contributed by atoms with Crippen LogP contribution in [0.5, 0.6) is 0 Å². The molecule has 2 atom stereocenters. The molecule has 0 saturated heterocycles. The van der Waals surface area contributed by atoms with E-state index in [2.05, 4.69) is 9.97 Å². The lowest BCUT2D eigenvalue weighted by atomic mass is 10.0. The molecule has 0 aliphatic carbocycles. The average Bonchev–Trinajstić information content (AvgIpc) is 2.46. The van der Waals surface area contributed by atoms with Crippen molar-refractivity contribution in [3.63, 3.8) is 0 Å². The number of aromatic nitrogens is 2. The number of aliphatic hydroxyl groups is 1. The predicted octanol–water partition coefficient (Wildman–Crippen LogP) is 2.29. The SMILES string of the molecule is CCOC(c1ccccc1)C(O)c1cnccn1. The fourth-order valence-electron chi connectivity index (χ4n) is 1.81. The van der Waals surface area contributed by atoms with Crippen LogP contribution >= 0.6 is 0 Å². The molecule has 2 aromatic rings. The van der Waals surface area contributed by atoms with Gasteiger partial charge >= 0.3 is 0 Å². The predicted molar refractivity (Wildman–Crippen MR) is 67.8 cm³/mol. The summed E-state index contributed by atoms with van der Waals surface area (Å²) in [6.45, 7) is 2.43. The van der Waals surface area contributed by atoms with E-state index < -0.39 is 12.2 Å². The van der Waals surface area contributed by atoms with E-state index in [9.17, 15) is 5.11 Å². The maximum absolute atomic E-state index is 10.3. The second kappa shape index (κ2) is 6.23. The molecule has 2 unspecified atom stereocenters. The average molecular weight is 244 g/mol. The number of benzene rings is 1. The van der Waals surface area contributed by atoms with Crippen molar-refractivity contribution in [3.8, 4) is 0 Å². The van der Waals surface area contributed by atoms with Gasteiger partial charge in [0, 0.05) is 19.0 Å². The topological polar surface area (TPSA) is 55.2 Å². The molecular formula is C14H16N2O2. The Morgan fingerprint density at radius 3 is 2.61 bits per heavy atom. The van der Waals surface area contributed by atoms with Crippen molar-refractivity contribution < 1.29 is 9.84 Å². The van der Waals surface area contributed by atoms with Gasteiger partial charge in [0.25, 0.3) is 0 Å². The summed E-state index contributed by atoms with van der Waals surface area (Å²) in [6, 6.07) is 9.64. The molecule has 0 amide bonds. The van der Waals surface area contributed by atoms with Crippen LogP contribution in [0.4, 0.5) is 0 Å². The normalized spacial score (nSPS) is 14.1. The van der Waals surface area contributed by atoms with Gasteiger partial charge in [-0.05, 0) is 12.5 Å². The summed E-state index contributed by atoms with van der Waals surface area (Å²) in [5.41, 5.74) is 1.44. The number of aliphatic hydroxyl groups excluding tert-OH is 1. The van der Waals surface area contributed by atoms with Crippen molar-refractivity contribution in [1.82, 2.24) is 9.97 Å². The fraction of sp³-hybridized carbons (Fsp3) is 0.286. The summed E-state index contributed by atoms with van der Waals surface area (Å²) in [5, 5.41) is 10.3. The minimum atomic E-state index is -0.818. The molecule has 4 heteroatoms. The third-order valence-corrected chi connectivity index (χ3v) is 2.65. The van der Waals surface area contributed by atoms with E-state index in [0.29, 0.717) is 12.3 Å². The van der Waals surface area contributed by atoms with Gasteiger partial charge in [-0.1, -0.05) is 30.3 Å². The van der Waals surface area contributed by atoms with Crippen LogP contribution in [0, 0.1) is 0 Å². The molecule has 1 aromatic carbocycles. The smallest absolute Gasteiger partial charge is 0.128 e. The van der Waals surface area contributed by atoms with Crippen molar-refractivity contribution >= 4 is 0 Å². The Labute approximate surface area is 106 Å². The fourth-order valence-corrected chi connectivity index (χ4v) is 1.81.